The highest BCUT2D eigenvalue weighted by atomic mass is 35.5. The van der Waals surface area contributed by atoms with Crippen LogP contribution in [0.5, 0.6) is 0 Å². The highest BCUT2D eigenvalue weighted by Crippen LogP contribution is 2.32. The van der Waals surface area contributed by atoms with Crippen LogP contribution in [-0.2, 0) is 0 Å². The lowest BCUT2D eigenvalue weighted by atomic mass is 9.93. The number of rotatable bonds is 3. The van der Waals surface area contributed by atoms with Gasteiger partial charge in [0, 0.05) is 23.7 Å². The smallest absolute Gasteiger partial charge is 0.255 e. The van der Waals surface area contributed by atoms with E-state index >= 15 is 0 Å². The van der Waals surface area contributed by atoms with Gasteiger partial charge in [-0.05, 0) is 38.1 Å². The normalized spacial score (nSPS) is 15.3. The number of hydrogen-bond donors (Lipinski definition) is 2. The predicted molar refractivity (Wildman–Crippen MR) is 91.2 cm³/mol. The quantitative estimate of drug-likeness (QED) is 0.811. The Balaban J connectivity index is 1.91. The molecule has 0 unspecified atom stereocenters. The second-order valence-corrected chi connectivity index (χ2v) is 6.28. The first kappa shape index (κ1) is 17.1. The molecule has 3 heterocycles. The third kappa shape index (κ3) is 3.83. The SMILES string of the molecule is O=C(Nc1cc(F)c(Cl)nc1C1CCNCC1)c1ccnc(Cl)c1. The van der Waals surface area contributed by atoms with Crippen LogP contribution >= 0.6 is 23.2 Å². The van der Waals surface area contributed by atoms with Crippen molar-refractivity contribution in [2.24, 2.45) is 0 Å². The monoisotopic (exact) mass is 368 g/mol. The van der Waals surface area contributed by atoms with E-state index in [1.54, 1.807) is 0 Å². The number of halogens is 3. The van der Waals surface area contributed by atoms with Crippen molar-refractivity contribution in [3.63, 3.8) is 0 Å². The minimum Gasteiger partial charge on any atom is -0.320 e. The molecule has 2 aromatic rings. The summed E-state index contributed by atoms with van der Waals surface area (Å²) in [7, 11) is 0. The molecule has 0 aliphatic carbocycles. The molecule has 1 saturated heterocycles. The molecule has 24 heavy (non-hydrogen) atoms. The second-order valence-electron chi connectivity index (χ2n) is 5.54. The van der Waals surface area contributed by atoms with Crippen molar-refractivity contribution < 1.29 is 9.18 Å². The lowest BCUT2D eigenvalue weighted by Gasteiger charge is -2.24. The number of carbonyl (C=O) groups excluding carboxylic acids is 1. The number of nitrogens with one attached hydrogen (secondary N) is 2. The van der Waals surface area contributed by atoms with E-state index in [2.05, 4.69) is 20.6 Å². The van der Waals surface area contributed by atoms with Gasteiger partial charge < -0.3 is 10.6 Å². The maximum atomic E-state index is 13.9. The van der Waals surface area contributed by atoms with Crippen molar-refractivity contribution in [1.29, 1.82) is 0 Å². The molecule has 0 atom stereocenters. The van der Waals surface area contributed by atoms with Gasteiger partial charge in [0.25, 0.3) is 5.91 Å². The van der Waals surface area contributed by atoms with Gasteiger partial charge in [-0.2, -0.15) is 0 Å². The minimum atomic E-state index is -0.669. The summed E-state index contributed by atoms with van der Waals surface area (Å²) in [6, 6.07) is 4.19. The predicted octanol–water partition coefficient (Wildman–Crippen LogP) is 3.64. The Morgan fingerprint density at radius 1 is 1.29 bits per heavy atom. The van der Waals surface area contributed by atoms with E-state index in [4.69, 9.17) is 23.2 Å². The van der Waals surface area contributed by atoms with Gasteiger partial charge in [0.05, 0.1) is 11.4 Å². The van der Waals surface area contributed by atoms with Gasteiger partial charge in [0.2, 0.25) is 0 Å². The van der Waals surface area contributed by atoms with Crippen molar-refractivity contribution in [2.75, 3.05) is 18.4 Å². The number of nitrogens with zero attached hydrogens (tertiary/aromatic N) is 2. The minimum absolute atomic E-state index is 0.112. The zero-order valence-corrected chi connectivity index (χ0v) is 14.2. The highest BCUT2D eigenvalue weighted by molar-refractivity contribution is 6.30. The zero-order valence-electron chi connectivity index (χ0n) is 12.7. The lowest BCUT2D eigenvalue weighted by molar-refractivity contribution is 0.102. The molecule has 8 heteroatoms. The van der Waals surface area contributed by atoms with Gasteiger partial charge in [-0.3, -0.25) is 4.79 Å². The zero-order chi connectivity index (χ0) is 17.1. The molecule has 1 fully saturated rings. The van der Waals surface area contributed by atoms with Crippen LogP contribution in [0.1, 0.15) is 34.8 Å². The van der Waals surface area contributed by atoms with Crippen molar-refractivity contribution in [3.8, 4) is 0 Å². The lowest BCUT2D eigenvalue weighted by Crippen LogP contribution is -2.28. The number of pyridine rings is 2. The first-order valence-electron chi connectivity index (χ1n) is 7.54. The summed E-state index contributed by atoms with van der Waals surface area (Å²) >= 11 is 11.6. The van der Waals surface area contributed by atoms with Crippen molar-refractivity contribution >= 4 is 34.8 Å². The summed E-state index contributed by atoms with van der Waals surface area (Å²) in [5.41, 5.74) is 1.28. The van der Waals surface area contributed by atoms with Gasteiger partial charge in [-0.15, -0.1) is 0 Å². The molecular formula is C16H15Cl2FN4O. The van der Waals surface area contributed by atoms with E-state index in [0.29, 0.717) is 16.9 Å². The topological polar surface area (TPSA) is 66.9 Å². The number of hydrogen-bond acceptors (Lipinski definition) is 4. The van der Waals surface area contributed by atoms with Crippen LogP contribution in [-0.4, -0.2) is 29.0 Å². The summed E-state index contributed by atoms with van der Waals surface area (Å²) in [6.45, 7) is 1.68. The fraction of sp³-hybridized carbons (Fsp3) is 0.312. The third-order valence-corrected chi connectivity index (χ3v) is 4.40. The van der Waals surface area contributed by atoms with Gasteiger partial charge in [0.15, 0.2) is 11.0 Å². The van der Waals surface area contributed by atoms with Crippen LogP contribution in [0.15, 0.2) is 24.4 Å². The van der Waals surface area contributed by atoms with Crippen molar-refractivity contribution in [1.82, 2.24) is 15.3 Å². The molecular weight excluding hydrogens is 354 g/mol. The molecule has 2 aromatic heterocycles. The largest absolute Gasteiger partial charge is 0.320 e. The average Bonchev–Trinajstić information content (AvgIpc) is 2.58. The van der Waals surface area contributed by atoms with Gasteiger partial charge >= 0.3 is 0 Å². The number of amides is 1. The molecule has 0 aromatic carbocycles. The van der Waals surface area contributed by atoms with E-state index < -0.39 is 11.7 Å². The van der Waals surface area contributed by atoms with E-state index in [1.165, 1.54) is 24.4 Å². The fourth-order valence-corrected chi connectivity index (χ4v) is 3.04. The van der Waals surface area contributed by atoms with Crippen LogP contribution in [0.25, 0.3) is 0 Å². The number of piperidine rings is 1. The Morgan fingerprint density at radius 3 is 2.75 bits per heavy atom. The molecule has 1 amide bonds. The first-order chi connectivity index (χ1) is 11.5. The maximum Gasteiger partial charge on any atom is 0.255 e. The Morgan fingerprint density at radius 2 is 2.04 bits per heavy atom. The maximum absolute atomic E-state index is 13.9. The summed E-state index contributed by atoms with van der Waals surface area (Å²) in [6.07, 6.45) is 3.13. The van der Waals surface area contributed by atoms with E-state index in [9.17, 15) is 9.18 Å². The van der Waals surface area contributed by atoms with Gasteiger partial charge in [0.1, 0.15) is 5.15 Å². The Kier molecular flexibility index (Phi) is 5.28. The molecule has 1 aliphatic rings. The van der Waals surface area contributed by atoms with E-state index in [1.807, 2.05) is 0 Å². The van der Waals surface area contributed by atoms with Crippen molar-refractivity contribution in [3.05, 3.63) is 51.8 Å². The summed E-state index contributed by atoms with van der Waals surface area (Å²) in [4.78, 5) is 20.4. The Bertz CT molecular complexity index is 766. The van der Waals surface area contributed by atoms with Crippen LogP contribution in [0, 0.1) is 5.82 Å². The first-order valence-corrected chi connectivity index (χ1v) is 8.30. The van der Waals surface area contributed by atoms with Gasteiger partial charge in [-0.1, -0.05) is 23.2 Å². The molecule has 0 spiro atoms. The molecule has 2 N–H and O–H groups in total. The summed E-state index contributed by atoms with van der Waals surface area (Å²) in [5, 5.41) is 5.99. The Labute approximate surface area is 148 Å². The standard InChI is InChI=1S/C16H15Cl2FN4O/c17-13-7-10(3-6-21-13)16(24)22-12-8-11(19)15(18)23-14(12)9-1-4-20-5-2-9/h3,6-9,20H,1-2,4-5H2,(H,22,24). The summed E-state index contributed by atoms with van der Waals surface area (Å²) < 4.78 is 13.9. The number of carbonyl (C=O) groups is 1. The third-order valence-electron chi connectivity index (χ3n) is 3.93. The molecule has 3 rings (SSSR count). The van der Waals surface area contributed by atoms with Crippen LogP contribution < -0.4 is 10.6 Å². The highest BCUT2D eigenvalue weighted by Gasteiger charge is 2.23. The van der Waals surface area contributed by atoms with Crippen molar-refractivity contribution in [2.45, 2.75) is 18.8 Å². The Hall–Kier alpha value is -1.76. The average molecular weight is 369 g/mol. The molecule has 5 nitrogen and oxygen atoms in total. The molecule has 1 aliphatic heterocycles. The fourth-order valence-electron chi connectivity index (χ4n) is 2.72. The van der Waals surface area contributed by atoms with E-state index in [-0.39, 0.29) is 16.2 Å². The number of anilines is 1. The second kappa shape index (κ2) is 7.42. The molecule has 0 saturated carbocycles. The van der Waals surface area contributed by atoms with Crippen LogP contribution in [0.2, 0.25) is 10.3 Å². The van der Waals surface area contributed by atoms with E-state index in [0.717, 1.165) is 25.9 Å². The van der Waals surface area contributed by atoms with Gasteiger partial charge in [-0.25, -0.2) is 14.4 Å². The molecule has 0 bridgehead atoms. The van der Waals surface area contributed by atoms with Crippen LogP contribution in [0.4, 0.5) is 10.1 Å². The molecule has 126 valence electrons. The molecule has 0 radical (unpaired) electrons. The number of aromatic nitrogens is 2. The van der Waals surface area contributed by atoms with Crippen LogP contribution in [0.3, 0.4) is 0 Å². The summed E-state index contributed by atoms with van der Waals surface area (Å²) in [5.74, 6) is -0.962.